The molecule has 2 aromatic heterocycles. The fraction of sp³-hybridized carbons (Fsp3) is 0.417. The van der Waals surface area contributed by atoms with Gasteiger partial charge in [-0.2, -0.15) is 0 Å². The lowest BCUT2D eigenvalue weighted by atomic mass is 9.98. The molecule has 31 heavy (non-hydrogen) atoms. The molecular formula is C24H28N2O4S. The maximum atomic E-state index is 13.5. The smallest absolute Gasteiger partial charge is 0.310 e. The number of rotatable bonds is 6. The van der Waals surface area contributed by atoms with Crippen LogP contribution in [0.15, 0.2) is 36.4 Å². The minimum absolute atomic E-state index is 0.0245. The van der Waals surface area contributed by atoms with Gasteiger partial charge in [0.25, 0.3) is 5.91 Å². The molecule has 1 fully saturated rings. The van der Waals surface area contributed by atoms with Gasteiger partial charge in [0.15, 0.2) is 0 Å². The molecule has 7 heteroatoms. The van der Waals surface area contributed by atoms with Crippen molar-refractivity contribution in [2.45, 2.75) is 33.2 Å². The Morgan fingerprint density at radius 1 is 1.19 bits per heavy atom. The van der Waals surface area contributed by atoms with Crippen LogP contribution in [0, 0.1) is 12.8 Å². The number of carbonyl (C=O) groups is 2. The normalized spacial score (nSPS) is 16.5. The van der Waals surface area contributed by atoms with Gasteiger partial charge in [0.1, 0.15) is 11.4 Å². The molecule has 1 unspecified atom stereocenters. The molecule has 1 aliphatic heterocycles. The zero-order valence-corrected chi connectivity index (χ0v) is 19.0. The van der Waals surface area contributed by atoms with Gasteiger partial charge < -0.3 is 18.9 Å². The van der Waals surface area contributed by atoms with Crippen LogP contribution < -0.4 is 4.74 Å². The number of methoxy groups -OCH3 is 1. The first-order valence-electron chi connectivity index (χ1n) is 10.7. The van der Waals surface area contributed by atoms with Gasteiger partial charge in [-0.1, -0.05) is 12.1 Å². The van der Waals surface area contributed by atoms with E-state index >= 15 is 0 Å². The number of likely N-dealkylation sites (tertiary alicyclic amines) is 1. The van der Waals surface area contributed by atoms with E-state index in [2.05, 4.69) is 17.6 Å². The topological polar surface area (TPSA) is 60.8 Å². The Balaban J connectivity index is 1.63. The molecule has 1 saturated heterocycles. The predicted octanol–water partition coefficient (Wildman–Crippen LogP) is 4.48. The Morgan fingerprint density at radius 3 is 2.68 bits per heavy atom. The Bertz CT molecular complexity index is 1080. The summed E-state index contributed by atoms with van der Waals surface area (Å²) < 4.78 is 13.7. The van der Waals surface area contributed by atoms with Crippen molar-refractivity contribution in [2.24, 2.45) is 5.92 Å². The third kappa shape index (κ3) is 4.46. The van der Waals surface area contributed by atoms with Crippen LogP contribution in [0.5, 0.6) is 5.75 Å². The zero-order valence-electron chi connectivity index (χ0n) is 18.2. The van der Waals surface area contributed by atoms with Gasteiger partial charge in [0.2, 0.25) is 0 Å². The Kier molecular flexibility index (Phi) is 6.32. The number of thiophene rings is 1. The average Bonchev–Trinajstić information content (AvgIpc) is 3.30. The molecule has 164 valence electrons. The van der Waals surface area contributed by atoms with E-state index in [4.69, 9.17) is 9.47 Å². The standard InChI is InChI=1S/C24H28N2O4S/c1-4-30-24(28)18-6-5-11-25(15-18)23(27)21-13-22-20(12-16(2)31-22)26(21)14-17-7-9-19(29-3)10-8-17/h7-10,12-13,18H,4-6,11,14-15H2,1-3H3. The van der Waals surface area contributed by atoms with Crippen molar-refractivity contribution in [1.82, 2.24) is 9.47 Å². The number of aryl methyl sites for hydroxylation is 1. The quantitative estimate of drug-likeness (QED) is 0.530. The highest BCUT2D eigenvalue weighted by molar-refractivity contribution is 7.19. The number of esters is 1. The Labute approximate surface area is 186 Å². The third-order valence-electron chi connectivity index (χ3n) is 5.76. The molecule has 6 nitrogen and oxygen atoms in total. The van der Waals surface area contributed by atoms with E-state index in [9.17, 15) is 9.59 Å². The van der Waals surface area contributed by atoms with Crippen molar-refractivity contribution in [2.75, 3.05) is 26.8 Å². The van der Waals surface area contributed by atoms with Crippen LogP contribution >= 0.6 is 11.3 Å². The molecule has 4 rings (SSSR count). The SMILES string of the molecule is CCOC(=O)C1CCCN(C(=O)c2cc3sc(C)cc3n2Cc2ccc(OC)cc2)C1. The van der Waals surface area contributed by atoms with E-state index in [0.29, 0.717) is 31.9 Å². The monoisotopic (exact) mass is 440 g/mol. The van der Waals surface area contributed by atoms with Crippen LogP contribution in [0.25, 0.3) is 10.2 Å². The van der Waals surface area contributed by atoms with Gasteiger partial charge in [0.05, 0.1) is 29.9 Å². The summed E-state index contributed by atoms with van der Waals surface area (Å²) in [5.41, 5.74) is 2.83. The van der Waals surface area contributed by atoms with Crippen LogP contribution in [0.2, 0.25) is 0 Å². The second kappa shape index (κ2) is 9.14. The summed E-state index contributed by atoms with van der Waals surface area (Å²) in [5.74, 6) is 0.335. The lowest BCUT2D eigenvalue weighted by Gasteiger charge is -2.31. The number of nitrogens with zero attached hydrogens (tertiary/aromatic N) is 2. The Morgan fingerprint density at radius 2 is 1.97 bits per heavy atom. The molecule has 3 heterocycles. The number of aromatic nitrogens is 1. The van der Waals surface area contributed by atoms with Crippen molar-refractivity contribution in [3.8, 4) is 5.75 Å². The molecule has 3 aromatic rings. The molecular weight excluding hydrogens is 412 g/mol. The number of amides is 1. The van der Waals surface area contributed by atoms with Crippen LogP contribution in [-0.4, -0.2) is 48.1 Å². The van der Waals surface area contributed by atoms with Gasteiger partial charge in [-0.3, -0.25) is 9.59 Å². The van der Waals surface area contributed by atoms with Crippen LogP contribution in [0.3, 0.4) is 0 Å². The van der Waals surface area contributed by atoms with E-state index in [1.54, 1.807) is 23.3 Å². The highest BCUT2D eigenvalue weighted by Gasteiger charge is 2.31. The van der Waals surface area contributed by atoms with E-state index in [1.807, 2.05) is 37.3 Å². The summed E-state index contributed by atoms with van der Waals surface area (Å²) in [4.78, 5) is 28.8. The van der Waals surface area contributed by atoms with Crippen molar-refractivity contribution in [3.63, 3.8) is 0 Å². The highest BCUT2D eigenvalue weighted by Crippen LogP contribution is 2.31. The maximum Gasteiger partial charge on any atom is 0.310 e. The summed E-state index contributed by atoms with van der Waals surface area (Å²) in [6, 6.07) is 12.0. The molecule has 1 aromatic carbocycles. The van der Waals surface area contributed by atoms with E-state index in [-0.39, 0.29) is 17.8 Å². The first kappa shape index (κ1) is 21.4. The number of ether oxygens (including phenoxy) is 2. The van der Waals surface area contributed by atoms with Crippen molar-refractivity contribution in [1.29, 1.82) is 0 Å². The van der Waals surface area contributed by atoms with Crippen LogP contribution in [-0.2, 0) is 16.1 Å². The first-order chi connectivity index (χ1) is 15.0. The van der Waals surface area contributed by atoms with Crippen LogP contribution in [0.1, 0.15) is 40.7 Å². The van der Waals surface area contributed by atoms with Gasteiger partial charge in [-0.05, 0) is 56.5 Å². The predicted molar refractivity (Wildman–Crippen MR) is 122 cm³/mol. The summed E-state index contributed by atoms with van der Waals surface area (Å²) in [7, 11) is 1.65. The molecule has 0 spiro atoms. The summed E-state index contributed by atoms with van der Waals surface area (Å²) in [6.45, 7) is 5.93. The number of hydrogen-bond acceptors (Lipinski definition) is 5. The summed E-state index contributed by atoms with van der Waals surface area (Å²) >= 11 is 1.69. The molecule has 0 bridgehead atoms. The first-order valence-corrected chi connectivity index (χ1v) is 11.5. The highest BCUT2D eigenvalue weighted by atomic mass is 32.1. The van der Waals surface area contributed by atoms with Gasteiger partial charge in [0, 0.05) is 24.5 Å². The minimum atomic E-state index is -0.244. The number of fused-ring (bicyclic) bond motifs is 1. The number of piperidine rings is 1. The van der Waals surface area contributed by atoms with E-state index in [1.165, 1.54) is 4.88 Å². The minimum Gasteiger partial charge on any atom is -0.497 e. The largest absolute Gasteiger partial charge is 0.497 e. The molecule has 1 atom stereocenters. The zero-order chi connectivity index (χ0) is 22.0. The van der Waals surface area contributed by atoms with Crippen LogP contribution in [0.4, 0.5) is 0 Å². The van der Waals surface area contributed by atoms with E-state index < -0.39 is 0 Å². The lowest BCUT2D eigenvalue weighted by molar-refractivity contribution is -0.149. The molecule has 0 saturated carbocycles. The average molecular weight is 441 g/mol. The van der Waals surface area contributed by atoms with Gasteiger partial charge in [-0.15, -0.1) is 11.3 Å². The lowest BCUT2D eigenvalue weighted by Crippen LogP contribution is -2.43. The molecule has 0 radical (unpaired) electrons. The number of carbonyl (C=O) groups excluding carboxylic acids is 2. The number of hydrogen-bond donors (Lipinski definition) is 0. The fourth-order valence-electron chi connectivity index (χ4n) is 4.20. The van der Waals surface area contributed by atoms with Crippen molar-refractivity contribution < 1.29 is 19.1 Å². The fourth-order valence-corrected chi connectivity index (χ4v) is 5.16. The van der Waals surface area contributed by atoms with Crippen molar-refractivity contribution >= 4 is 33.4 Å². The molecule has 1 amide bonds. The second-order valence-electron chi connectivity index (χ2n) is 7.91. The maximum absolute atomic E-state index is 13.5. The summed E-state index contributed by atoms with van der Waals surface area (Å²) in [6.07, 6.45) is 1.58. The molecule has 1 aliphatic rings. The third-order valence-corrected chi connectivity index (χ3v) is 6.75. The van der Waals surface area contributed by atoms with Gasteiger partial charge in [-0.25, -0.2) is 0 Å². The second-order valence-corrected chi connectivity index (χ2v) is 9.20. The number of benzene rings is 1. The molecule has 0 N–H and O–H groups in total. The van der Waals surface area contributed by atoms with E-state index in [0.717, 1.165) is 34.4 Å². The summed E-state index contributed by atoms with van der Waals surface area (Å²) in [5, 5.41) is 0. The van der Waals surface area contributed by atoms with Crippen molar-refractivity contribution in [3.05, 3.63) is 52.5 Å². The molecule has 0 aliphatic carbocycles. The Hall–Kier alpha value is -2.80. The van der Waals surface area contributed by atoms with Gasteiger partial charge >= 0.3 is 5.97 Å².